The first-order valence-corrected chi connectivity index (χ1v) is 15.4. The van der Waals surface area contributed by atoms with E-state index in [9.17, 15) is 14.4 Å². The molecule has 0 aromatic rings. The van der Waals surface area contributed by atoms with Gasteiger partial charge >= 0.3 is 11.9 Å². The first-order chi connectivity index (χ1) is 22.0. The van der Waals surface area contributed by atoms with Gasteiger partial charge in [0, 0.05) is 26.5 Å². The number of ether oxygens (including phenoxy) is 11. The highest BCUT2D eigenvalue weighted by atomic mass is 16.6. The van der Waals surface area contributed by atoms with Gasteiger partial charge in [-0.05, 0) is 6.42 Å². The molecule has 0 aliphatic carbocycles. The lowest BCUT2D eigenvalue weighted by Crippen LogP contribution is -2.25. The summed E-state index contributed by atoms with van der Waals surface area (Å²) in [6.45, 7) is 11.3. The standard InChI is InChI=1S/C29H55NO15/c1-27(31)45-26-25-44-24-23-43-22-21-42-20-19-41-18-17-40-16-15-39-14-13-38-12-11-37-10-9-36-8-7-35-6-2-5-30-28(32)3-4-29(33)34/h2-26H2,1H3,(H,30,32)(H,33,34). The van der Waals surface area contributed by atoms with Gasteiger partial charge in [-0.2, -0.15) is 0 Å². The van der Waals surface area contributed by atoms with E-state index in [1.54, 1.807) is 0 Å². The number of carboxylic acids is 1. The zero-order valence-corrected chi connectivity index (χ0v) is 26.8. The third-order valence-corrected chi connectivity index (χ3v) is 5.23. The van der Waals surface area contributed by atoms with Crippen LogP contribution in [0.2, 0.25) is 0 Å². The number of carboxylic acid groups (broad SMARTS) is 1. The van der Waals surface area contributed by atoms with Crippen molar-refractivity contribution < 1.29 is 71.6 Å². The number of esters is 1. The predicted octanol–water partition coefficient (Wildman–Crippen LogP) is 0.0866. The Labute approximate surface area is 266 Å². The van der Waals surface area contributed by atoms with Crippen LogP contribution in [-0.4, -0.2) is 168 Å². The minimum absolute atomic E-state index is 0.0126. The van der Waals surface area contributed by atoms with E-state index in [0.717, 1.165) is 0 Å². The van der Waals surface area contributed by atoms with Gasteiger partial charge in [-0.3, -0.25) is 14.4 Å². The first-order valence-electron chi connectivity index (χ1n) is 15.4. The number of hydrogen-bond acceptors (Lipinski definition) is 14. The molecule has 0 aromatic heterocycles. The van der Waals surface area contributed by atoms with Crippen molar-refractivity contribution in [2.75, 3.05) is 145 Å². The molecule has 266 valence electrons. The van der Waals surface area contributed by atoms with E-state index >= 15 is 0 Å². The summed E-state index contributed by atoms with van der Waals surface area (Å²) in [4.78, 5) is 32.3. The minimum Gasteiger partial charge on any atom is -0.481 e. The summed E-state index contributed by atoms with van der Waals surface area (Å²) in [7, 11) is 0. The van der Waals surface area contributed by atoms with Gasteiger partial charge in [0.2, 0.25) is 5.91 Å². The molecule has 1 amide bonds. The van der Waals surface area contributed by atoms with Crippen LogP contribution in [0.15, 0.2) is 0 Å². The quantitative estimate of drug-likeness (QED) is 0.0676. The third kappa shape index (κ3) is 40.0. The second kappa shape index (κ2) is 36.5. The van der Waals surface area contributed by atoms with Crippen LogP contribution in [0.4, 0.5) is 0 Å². The van der Waals surface area contributed by atoms with Crippen molar-refractivity contribution in [3.63, 3.8) is 0 Å². The highest BCUT2D eigenvalue weighted by Crippen LogP contribution is 1.90. The lowest BCUT2D eigenvalue weighted by Gasteiger charge is -2.09. The summed E-state index contributed by atoms with van der Waals surface area (Å²) < 4.78 is 58.8. The fraction of sp³-hybridized carbons (Fsp3) is 0.897. The van der Waals surface area contributed by atoms with Crippen LogP contribution in [0.25, 0.3) is 0 Å². The van der Waals surface area contributed by atoms with Crippen LogP contribution in [0.5, 0.6) is 0 Å². The van der Waals surface area contributed by atoms with Crippen LogP contribution < -0.4 is 5.32 Å². The fourth-order valence-electron chi connectivity index (χ4n) is 3.04. The Hall–Kier alpha value is -1.99. The van der Waals surface area contributed by atoms with Crippen molar-refractivity contribution >= 4 is 17.8 Å². The Bertz CT molecular complexity index is 672. The normalized spacial score (nSPS) is 11.1. The number of amides is 1. The van der Waals surface area contributed by atoms with Crippen molar-refractivity contribution in [2.45, 2.75) is 26.2 Å². The van der Waals surface area contributed by atoms with Gasteiger partial charge in [0.15, 0.2) is 0 Å². The van der Waals surface area contributed by atoms with Gasteiger partial charge in [-0.1, -0.05) is 0 Å². The molecule has 0 radical (unpaired) electrons. The smallest absolute Gasteiger partial charge is 0.303 e. The van der Waals surface area contributed by atoms with Crippen LogP contribution in [0.1, 0.15) is 26.2 Å². The molecule has 0 aliphatic heterocycles. The molecule has 0 spiro atoms. The Kier molecular flexibility index (Phi) is 34.9. The van der Waals surface area contributed by atoms with Crippen molar-refractivity contribution in [2.24, 2.45) is 0 Å². The van der Waals surface area contributed by atoms with Gasteiger partial charge in [-0.15, -0.1) is 0 Å². The number of rotatable bonds is 37. The Morgan fingerprint density at radius 3 is 1.02 bits per heavy atom. The second-order valence-corrected chi connectivity index (χ2v) is 9.06. The van der Waals surface area contributed by atoms with E-state index in [-0.39, 0.29) is 31.3 Å². The number of hydrogen-bond donors (Lipinski definition) is 2. The number of carbonyl (C=O) groups excluding carboxylic acids is 2. The summed E-state index contributed by atoms with van der Waals surface area (Å²) in [5.74, 6) is -1.57. The molecule has 0 saturated carbocycles. The van der Waals surface area contributed by atoms with E-state index in [2.05, 4.69) is 5.32 Å². The maximum atomic E-state index is 11.3. The molecule has 0 unspecified atom stereocenters. The molecule has 0 fully saturated rings. The summed E-state index contributed by atoms with van der Waals surface area (Å²) in [6, 6.07) is 0. The Morgan fingerprint density at radius 2 is 0.733 bits per heavy atom. The average Bonchev–Trinajstić information content (AvgIpc) is 3.01. The maximum absolute atomic E-state index is 11.3. The Balaban J connectivity index is 3.09. The molecule has 45 heavy (non-hydrogen) atoms. The molecule has 16 nitrogen and oxygen atoms in total. The number of carbonyl (C=O) groups is 3. The van der Waals surface area contributed by atoms with Crippen LogP contribution in [0.3, 0.4) is 0 Å². The molecule has 2 N–H and O–H groups in total. The zero-order chi connectivity index (χ0) is 32.9. The molecule has 0 rings (SSSR count). The van der Waals surface area contributed by atoms with Crippen LogP contribution in [0, 0.1) is 0 Å². The first kappa shape index (κ1) is 43.0. The van der Waals surface area contributed by atoms with E-state index in [0.29, 0.717) is 145 Å². The molecule has 16 heteroatoms. The largest absolute Gasteiger partial charge is 0.481 e. The summed E-state index contributed by atoms with van der Waals surface area (Å²) in [5, 5.41) is 11.2. The summed E-state index contributed by atoms with van der Waals surface area (Å²) in [5.41, 5.74) is 0. The number of nitrogens with one attached hydrogen (secondary N) is 1. The lowest BCUT2D eigenvalue weighted by molar-refractivity contribution is -0.142. The molecule has 0 atom stereocenters. The lowest BCUT2D eigenvalue weighted by atomic mass is 10.3. The highest BCUT2D eigenvalue weighted by Gasteiger charge is 2.04. The zero-order valence-electron chi connectivity index (χ0n) is 26.8. The highest BCUT2D eigenvalue weighted by molar-refractivity contribution is 5.80. The Morgan fingerprint density at radius 1 is 0.444 bits per heavy atom. The van der Waals surface area contributed by atoms with Crippen molar-refractivity contribution in [3.8, 4) is 0 Å². The van der Waals surface area contributed by atoms with E-state index < -0.39 is 5.97 Å². The average molecular weight is 658 g/mol. The number of aliphatic carboxylic acids is 1. The van der Waals surface area contributed by atoms with Gasteiger partial charge in [-0.25, -0.2) is 0 Å². The fourth-order valence-corrected chi connectivity index (χ4v) is 3.04. The van der Waals surface area contributed by atoms with Gasteiger partial charge in [0.05, 0.1) is 132 Å². The summed E-state index contributed by atoms with van der Waals surface area (Å²) >= 11 is 0. The van der Waals surface area contributed by atoms with E-state index in [1.165, 1.54) is 6.92 Å². The minimum atomic E-state index is -0.985. The SMILES string of the molecule is CC(=O)OCCOCCOCCOCCOCCOCCOCCOCCOCCOCCOCCCNC(=O)CCC(=O)O. The molecule has 0 heterocycles. The maximum Gasteiger partial charge on any atom is 0.303 e. The van der Waals surface area contributed by atoms with E-state index in [1.807, 2.05) is 0 Å². The van der Waals surface area contributed by atoms with E-state index in [4.69, 9.17) is 57.2 Å². The van der Waals surface area contributed by atoms with Crippen molar-refractivity contribution in [3.05, 3.63) is 0 Å². The summed E-state index contributed by atoms with van der Waals surface area (Å²) in [6.07, 6.45) is 0.470. The third-order valence-electron chi connectivity index (χ3n) is 5.23. The predicted molar refractivity (Wildman–Crippen MR) is 159 cm³/mol. The van der Waals surface area contributed by atoms with Gasteiger partial charge < -0.3 is 62.5 Å². The van der Waals surface area contributed by atoms with Crippen LogP contribution >= 0.6 is 0 Å². The molecule has 0 aliphatic rings. The molecular formula is C29H55NO15. The van der Waals surface area contributed by atoms with Gasteiger partial charge in [0.25, 0.3) is 0 Å². The molecular weight excluding hydrogens is 602 g/mol. The molecule has 0 aromatic carbocycles. The molecule has 0 bridgehead atoms. The van der Waals surface area contributed by atoms with Crippen LogP contribution in [-0.2, 0) is 66.5 Å². The second-order valence-electron chi connectivity index (χ2n) is 9.06. The topological polar surface area (TPSA) is 185 Å². The van der Waals surface area contributed by atoms with Gasteiger partial charge in [0.1, 0.15) is 6.61 Å². The van der Waals surface area contributed by atoms with Crippen molar-refractivity contribution in [1.29, 1.82) is 0 Å². The molecule has 0 saturated heterocycles. The monoisotopic (exact) mass is 657 g/mol. The van der Waals surface area contributed by atoms with Crippen molar-refractivity contribution in [1.82, 2.24) is 5.32 Å².